The Morgan fingerprint density at radius 2 is 2.06 bits per heavy atom. The maximum Gasteiger partial charge on any atom is 0.226 e. The van der Waals surface area contributed by atoms with Crippen molar-refractivity contribution in [2.45, 2.75) is 27.2 Å². The predicted octanol–water partition coefficient (Wildman–Crippen LogP) is 3.39. The van der Waals surface area contributed by atoms with E-state index in [2.05, 4.69) is 17.2 Å². The van der Waals surface area contributed by atoms with Crippen LogP contribution >= 0.6 is 0 Å². The number of hydrogen-bond acceptors (Lipinski definition) is 2. The molecule has 18 heavy (non-hydrogen) atoms. The number of para-hydroxylation sites is 1. The van der Waals surface area contributed by atoms with E-state index in [-0.39, 0.29) is 11.8 Å². The molecule has 0 saturated carbocycles. The van der Waals surface area contributed by atoms with Crippen LogP contribution in [0.4, 0.5) is 5.69 Å². The van der Waals surface area contributed by atoms with Crippen molar-refractivity contribution < 1.29 is 4.79 Å². The maximum absolute atomic E-state index is 11.8. The molecule has 1 N–H and O–H groups in total. The highest BCUT2D eigenvalue weighted by Crippen LogP contribution is 2.23. The summed E-state index contributed by atoms with van der Waals surface area (Å²) in [6.07, 6.45) is 0.857. The minimum atomic E-state index is -0.0259. The minimum Gasteiger partial charge on any atom is -0.325 e. The molecule has 3 nitrogen and oxygen atoms in total. The highest BCUT2D eigenvalue weighted by atomic mass is 16.1. The van der Waals surface area contributed by atoms with Gasteiger partial charge in [-0.3, -0.25) is 9.78 Å². The molecule has 0 bridgehead atoms. The van der Waals surface area contributed by atoms with E-state index in [1.54, 1.807) is 0 Å². The van der Waals surface area contributed by atoms with Crippen molar-refractivity contribution in [3.8, 4) is 0 Å². The van der Waals surface area contributed by atoms with Gasteiger partial charge >= 0.3 is 0 Å². The number of aromatic nitrogens is 1. The molecule has 1 amide bonds. The molecular weight excluding hydrogens is 224 g/mol. The number of carbonyl (C=O) groups is 1. The van der Waals surface area contributed by atoms with Crippen molar-refractivity contribution in [1.82, 2.24) is 4.98 Å². The van der Waals surface area contributed by atoms with Gasteiger partial charge in [-0.1, -0.05) is 39.0 Å². The molecule has 0 spiro atoms. The zero-order valence-corrected chi connectivity index (χ0v) is 11.0. The largest absolute Gasteiger partial charge is 0.325 e. The smallest absolute Gasteiger partial charge is 0.226 e. The van der Waals surface area contributed by atoms with Gasteiger partial charge in [0.25, 0.3) is 0 Å². The number of fused-ring (bicyclic) bond motifs is 1. The van der Waals surface area contributed by atoms with Gasteiger partial charge in [0, 0.05) is 17.0 Å². The molecule has 2 rings (SSSR count). The summed E-state index contributed by atoms with van der Waals surface area (Å²) in [4.78, 5) is 16.4. The Bertz CT molecular complexity index is 576. The van der Waals surface area contributed by atoms with Crippen molar-refractivity contribution in [3.63, 3.8) is 0 Å². The Balaban J connectivity index is 2.50. The first-order valence-corrected chi connectivity index (χ1v) is 6.31. The van der Waals surface area contributed by atoms with Crippen molar-refractivity contribution in [2.24, 2.45) is 5.92 Å². The molecule has 0 fully saturated rings. The highest BCUT2D eigenvalue weighted by molar-refractivity contribution is 6.01. The zero-order valence-electron chi connectivity index (χ0n) is 11.0. The first kappa shape index (κ1) is 12.6. The Morgan fingerprint density at radius 3 is 2.72 bits per heavy atom. The fraction of sp³-hybridized carbons (Fsp3) is 0.333. The summed E-state index contributed by atoms with van der Waals surface area (Å²) in [6.45, 7) is 5.84. The lowest BCUT2D eigenvalue weighted by molar-refractivity contribution is -0.118. The number of rotatable bonds is 3. The van der Waals surface area contributed by atoms with Gasteiger partial charge in [0.1, 0.15) is 0 Å². The van der Waals surface area contributed by atoms with E-state index >= 15 is 0 Å². The molecule has 1 aromatic heterocycles. The van der Waals surface area contributed by atoms with Gasteiger partial charge in [0.15, 0.2) is 0 Å². The summed E-state index contributed by atoms with van der Waals surface area (Å²) >= 11 is 0. The Labute approximate surface area is 107 Å². The second-order valence-electron chi connectivity index (χ2n) is 4.68. The van der Waals surface area contributed by atoms with E-state index in [9.17, 15) is 4.79 Å². The molecule has 0 aliphatic carbocycles. The normalized spacial score (nSPS) is 10.9. The maximum atomic E-state index is 11.8. The van der Waals surface area contributed by atoms with Crippen LogP contribution in [0.1, 0.15) is 26.5 Å². The number of benzene rings is 1. The van der Waals surface area contributed by atoms with E-state index in [0.717, 1.165) is 28.7 Å². The van der Waals surface area contributed by atoms with E-state index in [1.807, 2.05) is 44.2 Å². The van der Waals surface area contributed by atoms with Crippen molar-refractivity contribution in [3.05, 3.63) is 36.0 Å². The monoisotopic (exact) mass is 242 g/mol. The van der Waals surface area contributed by atoms with Crippen LogP contribution < -0.4 is 5.32 Å². The molecule has 0 aliphatic rings. The van der Waals surface area contributed by atoms with Gasteiger partial charge in [0.2, 0.25) is 5.91 Å². The molecule has 3 heteroatoms. The fourth-order valence-electron chi connectivity index (χ4n) is 1.79. The predicted molar refractivity (Wildman–Crippen MR) is 74.6 cm³/mol. The van der Waals surface area contributed by atoms with Crippen LogP contribution in [0.15, 0.2) is 30.3 Å². The summed E-state index contributed by atoms with van der Waals surface area (Å²) in [5.41, 5.74) is 2.78. The summed E-state index contributed by atoms with van der Waals surface area (Å²) in [5.74, 6) is 0.00964. The number of amides is 1. The lowest BCUT2D eigenvalue weighted by atomic mass is 10.1. The molecule has 0 atom stereocenters. The van der Waals surface area contributed by atoms with Gasteiger partial charge < -0.3 is 5.32 Å². The average Bonchev–Trinajstić information content (AvgIpc) is 2.38. The third-order valence-corrected chi connectivity index (χ3v) is 2.91. The van der Waals surface area contributed by atoms with E-state index in [1.165, 1.54) is 0 Å². The van der Waals surface area contributed by atoms with Gasteiger partial charge in [-0.2, -0.15) is 0 Å². The van der Waals surface area contributed by atoms with Crippen LogP contribution in [0.5, 0.6) is 0 Å². The highest BCUT2D eigenvalue weighted by Gasteiger charge is 2.10. The van der Waals surface area contributed by atoms with E-state index < -0.39 is 0 Å². The van der Waals surface area contributed by atoms with Crippen molar-refractivity contribution in [1.29, 1.82) is 0 Å². The van der Waals surface area contributed by atoms with Crippen LogP contribution in [0.3, 0.4) is 0 Å². The van der Waals surface area contributed by atoms with Crippen LogP contribution in [-0.2, 0) is 11.2 Å². The second kappa shape index (κ2) is 5.17. The van der Waals surface area contributed by atoms with Gasteiger partial charge in [-0.25, -0.2) is 0 Å². The number of aryl methyl sites for hydroxylation is 1. The lowest BCUT2D eigenvalue weighted by Gasteiger charge is -2.12. The number of anilines is 1. The summed E-state index contributed by atoms with van der Waals surface area (Å²) in [5, 5.41) is 3.97. The topological polar surface area (TPSA) is 42.0 Å². The number of carbonyl (C=O) groups excluding carboxylic acids is 1. The summed E-state index contributed by atoms with van der Waals surface area (Å²) < 4.78 is 0. The van der Waals surface area contributed by atoms with Crippen molar-refractivity contribution in [2.75, 3.05) is 5.32 Å². The summed E-state index contributed by atoms with van der Waals surface area (Å²) in [6, 6.07) is 9.84. The number of nitrogens with one attached hydrogen (secondary N) is 1. The van der Waals surface area contributed by atoms with Crippen LogP contribution in [-0.4, -0.2) is 10.9 Å². The first-order valence-electron chi connectivity index (χ1n) is 6.31. The molecule has 94 valence electrons. The average molecular weight is 242 g/mol. The van der Waals surface area contributed by atoms with Crippen molar-refractivity contribution >= 4 is 22.5 Å². The first-order chi connectivity index (χ1) is 8.61. The van der Waals surface area contributed by atoms with Crippen LogP contribution in [0.25, 0.3) is 10.9 Å². The van der Waals surface area contributed by atoms with Gasteiger partial charge in [-0.15, -0.1) is 0 Å². The zero-order chi connectivity index (χ0) is 13.1. The SMILES string of the molecule is CCc1cc(NC(=O)C(C)C)c2ccccc2n1. The number of pyridine rings is 1. The molecule has 0 radical (unpaired) electrons. The Kier molecular flexibility index (Phi) is 3.60. The Hall–Kier alpha value is -1.90. The van der Waals surface area contributed by atoms with E-state index in [4.69, 9.17) is 0 Å². The fourth-order valence-corrected chi connectivity index (χ4v) is 1.79. The Morgan fingerprint density at radius 1 is 1.33 bits per heavy atom. The minimum absolute atomic E-state index is 0.0259. The molecule has 0 unspecified atom stereocenters. The summed E-state index contributed by atoms with van der Waals surface area (Å²) in [7, 11) is 0. The quantitative estimate of drug-likeness (QED) is 0.896. The van der Waals surface area contributed by atoms with E-state index in [0.29, 0.717) is 0 Å². The van der Waals surface area contributed by atoms with Crippen LogP contribution in [0, 0.1) is 5.92 Å². The number of nitrogens with zero attached hydrogens (tertiary/aromatic N) is 1. The van der Waals surface area contributed by atoms with Crippen LogP contribution in [0.2, 0.25) is 0 Å². The second-order valence-corrected chi connectivity index (χ2v) is 4.68. The molecular formula is C15H18N2O. The standard InChI is InChI=1S/C15H18N2O/c1-4-11-9-14(17-15(18)10(2)3)12-7-5-6-8-13(12)16-11/h5-10H,4H2,1-3H3,(H,16,17,18). The van der Waals surface area contributed by atoms with Gasteiger partial charge in [-0.05, 0) is 18.6 Å². The molecule has 1 heterocycles. The third kappa shape index (κ3) is 2.50. The molecule has 2 aromatic rings. The lowest BCUT2D eigenvalue weighted by Crippen LogP contribution is -2.18. The van der Waals surface area contributed by atoms with Gasteiger partial charge in [0.05, 0.1) is 11.2 Å². The molecule has 0 aliphatic heterocycles. The molecule has 1 aromatic carbocycles. The molecule has 0 saturated heterocycles. The number of hydrogen-bond donors (Lipinski definition) is 1. The third-order valence-electron chi connectivity index (χ3n) is 2.91.